The fraction of sp³-hybridized carbons (Fsp3) is 0.0667. The van der Waals surface area contributed by atoms with E-state index in [-0.39, 0.29) is 11.7 Å². The molecule has 0 bridgehead atoms. The molecule has 0 fully saturated rings. The van der Waals surface area contributed by atoms with Gasteiger partial charge in [-0.05, 0) is 77.5 Å². The first-order chi connectivity index (χ1) is 9.56. The van der Waals surface area contributed by atoms with E-state index in [4.69, 9.17) is 0 Å². The third-order valence-corrected chi connectivity index (χ3v) is 3.37. The zero-order valence-electron chi connectivity index (χ0n) is 10.8. The Hall–Kier alpha value is -1.89. The summed E-state index contributed by atoms with van der Waals surface area (Å²) in [5, 5.41) is 13.3. The summed E-state index contributed by atoms with van der Waals surface area (Å²) in [6, 6.07) is 13.9. The fourth-order valence-electron chi connectivity index (χ4n) is 1.60. The van der Waals surface area contributed by atoms with Gasteiger partial charge in [0.25, 0.3) is 5.91 Å². The Morgan fingerprint density at radius 2 is 1.85 bits per heavy atom. The van der Waals surface area contributed by atoms with Crippen LogP contribution in [0.15, 0.2) is 53.6 Å². The minimum Gasteiger partial charge on any atom is -0.508 e. The van der Waals surface area contributed by atoms with Gasteiger partial charge in [-0.15, -0.1) is 0 Å². The number of hydrogen-bond acceptors (Lipinski definition) is 3. The Labute approximate surface area is 130 Å². The number of rotatable bonds is 3. The molecule has 0 spiro atoms. The van der Waals surface area contributed by atoms with E-state index in [2.05, 4.69) is 33.1 Å². The van der Waals surface area contributed by atoms with Gasteiger partial charge in [-0.3, -0.25) is 4.79 Å². The molecule has 4 nitrogen and oxygen atoms in total. The SMILES string of the molecule is CC(=NNC(=O)c1cccc(I)c1)c1ccc(O)cc1. The van der Waals surface area contributed by atoms with Crippen LogP contribution >= 0.6 is 22.6 Å². The van der Waals surface area contributed by atoms with Crippen molar-refractivity contribution >= 4 is 34.2 Å². The predicted molar refractivity (Wildman–Crippen MR) is 86.9 cm³/mol. The van der Waals surface area contributed by atoms with Crippen LogP contribution in [0.25, 0.3) is 0 Å². The normalized spacial score (nSPS) is 11.2. The zero-order chi connectivity index (χ0) is 14.5. The molecule has 0 aliphatic carbocycles. The number of nitrogens with zero attached hydrogens (tertiary/aromatic N) is 1. The second-order valence-corrected chi connectivity index (χ2v) is 5.44. The van der Waals surface area contributed by atoms with Gasteiger partial charge >= 0.3 is 0 Å². The molecule has 20 heavy (non-hydrogen) atoms. The quantitative estimate of drug-likeness (QED) is 0.488. The van der Waals surface area contributed by atoms with Crippen LogP contribution in [0.3, 0.4) is 0 Å². The van der Waals surface area contributed by atoms with E-state index in [1.165, 1.54) is 0 Å². The first kappa shape index (κ1) is 14.5. The molecule has 0 aliphatic rings. The van der Waals surface area contributed by atoms with Crippen molar-refractivity contribution in [1.82, 2.24) is 5.43 Å². The van der Waals surface area contributed by atoms with Crippen LogP contribution in [0.1, 0.15) is 22.8 Å². The maximum Gasteiger partial charge on any atom is 0.271 e. The van der Waals surface area contributed by atoms with Gasteiger partial charge < -0.3 is 5.11 Å². The van der Waals surface area contributed by atoms with Crippen LogP contribution in [-0.2, 0) is 0 Å². The van der Waals surface area contributed by atoms with Gasteiger partial charge in [-0.1, -0.05) is 6.07 Å². The summed E-state index contributed by atoms with van der Waals surface area (Å²) in [4.78, 5) is 11.9. The van der Waals surface area contributed by atoms with Gasteiger partial charge in [-0.2, -0.15) is 5.10 Å². The Bertz CT molecular complexity index is 651. The molecule has 2 aromatic carbocycles. The highest BCUT2D eigenvalue weighted by Crippen LogP contribution is 2.10. The summed E-state index contributed by atoms with van der Waals surface area (Å²) in [6.45, 7) is 1.79. The van der Waals surface area contributed by atoms with E-state index >= 15 is 0 Å². The average molecular weight is 380 g/mol. The molecule has 0 radical (unpaired) electrons. The predicted octanol–water partition coefficient (Wildman–Crippen LogP) is 3.15. The lowest BCUT2D eigenvalue weighted by Gasteiger charge is -2.03. The van der Waals surface area contributed by atoms with Crippen molar-refractivity contribution in [1.29, 1.82) is 0 Å². The maximum absolute atomic E-state index is 11.9. The highest BCUT2D eigenvalue weighted by molar-refractivity contribution is 14.1. The molecule has 1 amide bonds. The van der Waals surface area contributed by atoms with Crippen LogP contribution in [0.2, 0.25) is 0 Å². The fourth-order valence-corrected chi connectivity index (χ4v) is 2.14. The smallest absolute Gasteiger partial charge is 0.271 e. The number of amides is 1. The van der Waals surface area contributed by atoms with Gasteiger partial charge in [-0.25, -0.2) is 5.43 Å². The van der Waals surface area contributed by atoms with Crippen molar-refractivity contribution in [3.05, 3.63) is 63.2 Å². The number of hydrazone groups is 1. The van der Waals surface area contributed by atoms with Gasteiger partial charge in [0.2, 0.25) is 0 Å². The van der Waals surface area contributed by atoms with Crippen LogP contribution in [-0.4, -0.2) is 16.7 Å². The highest BCUT2D eigenvalue weighted by Gasteiger charge is 2.05. The number of benzene rings is 2. The summed E-state index contributed by atoms with van der Waals surface area (Å²) in [7, 11) is 0. The average Bonchev–Trinajstić information content (AvgIpc) is 2.45. The summed E-state index contributed by atoms with van der Waals surface area (Å²) in [6.07, 6.45) is 0. The van der Waals surface area contributed by atoms with Crippen molar-refractivity contribution < 1.29 is 9.90 Å². The van der Waals surface area contributed by atoms with E-state index in [1.54, 1.807) is 43.3 Å². The maximum atomic E-state index is 11.9. The molecule has 2 aromatic rings. The third kappa shape index (κ3) is 3.80. The molecular formula is C15H13IN2O2. The van der Waals surface area contributed by atoms with Crippen LogP contribution < -0.4 is 5.43 Å². The molecule has 0 atom stereocenters. The summed E-state index contributed by atoms with van der Waals surface area (Å²) < 4.78 is 0.995. The second kappa shape index (κ2) is 6.51. The first-order valence-corrected chi connectivity index (χ1v) is 7.04. The van der Waals surface area contributed by atoms with Gasteiger partial charge in [0.15, 0.2) is 0 Å². The molecule has 0 aliphatic heterocycles. The minimum atomic E-state index is -0.248. The van der Waals surface area contributed by atoms with Crippen molar-refractivity contribution in [2.75, 3.05) is 0 Å². The molecule has 0 saturated carbocycles. The second-order valence-electron chi connectivity index (χ2n) is 4.20. The number of phenolic OH excluding ortho intramolecular Hbond substituents is 1. The van der Waals surface area contributed by atoms with E-state index in [1.807, 2.05) is 12.1 Å². The van der Waals surface area contributed by atoms with E-state index in [0.29, 0.717) is 11.3 Å². The van der Waals surface area contributed by atoms with Crippen molar-refractivity contribution in [2.45, 2.75) is 6.92 Å². The van der Waals surface area contributed by atoms with E-state index < -0.39 is 0 Å². The molecule has 0 aromatic heterocycles. The molecule has 2 N–H and O–H groups in total. The molecule has 5 heteroatoms. The number of carbonyl (C=O) groups excluding carboxylic acids is 1. The molecule has 0 saturated heterocycles. The number of halogens is 1. The summed E-state index contributed by atoms with van der Waals surface area (Å²) in [5.74, 6) is -0.0499. The Balaban J connectivity index is 2.08. The number of carbonyl (C=O) groups is 1. The number of aromatic hydroxyl groups is 1. The Morgan fingerprint density at radius 1 is 1.15 bits per heavy atom. The van der Waals surface area contributed by atoms with Crippen molar-refractivity contribution in [3.63, 3.8) is 0 Å². The van der Waals surface area contributed by atoms with Crippen molar-refractivity contribution in [3.8, 4) is 5.75 Å². The number of phenols is 1. The highest BCUT2D eigenvalue weighted by atomic mass is 127. The largest absolute Gasteiger partial charge is 0.508 e. The molecule has 0 unspecified atom stereocenters. The molecular weight excluding hydrogens is 367 g/mol. The summed E-state index contributed by atoms with van der Waals surface area (Å²) in [5.41, 5.74) is 4.60. The minimum absolute atomic E-state index is 0.199. The van der Waals surface area contributed by atoms with Crippen LogP contribution in [0, 0.1) is 3.57 Å². The zero-order valence-corrected chi connectivity index (χ0v) is 13.0. The third-order valence-electron chi connectivity index (χ3n) is 2.70. The van der Waals surface area contributed by atoms with E-state index in [0.717, 1.165) is 9.13 Å². The van der Waals surface area contributed by atoms with Crippen LogP contribution in [0.5, 0.6) is 5.75 Å². The lowest BCUT2D eigenvalue weighted by molar-refractivity contribution is 0.0955. The monoisotopic (exact) mass is 380 g/mol. The van der Waals surface area contributed by atoms with Gasteiger partial charge in [0.05, 0.1) is 5.71 Å². The number of nitrogens with one attached hydrogen (secondary N) is 1. The summed E-state index contributed by atoms with van der Waals surface area (Å²) >= 11 is 2.15. The van der Waals surface area contributed by atoms with Gasteiger partial charge in [0.1, 0.15) is 5.75 Å². The Morgan fingerprint density at radius 3 is 2.50 bits per heavy atom. The standard InChI is InChI=1S/C15H13IN2O2/c1-10(11-5-7-14(19)8-6-11)17-18-15(20)12-3-2-4-13(16)9-12/h2-9,19H,1H3,(H,18,20). The Kier molecular flexibility index (Phi) is 4.73. The lowest BCUT2D eigenvalue weighted by atomic mass is 10.1. The molecule has 102 valence electrons. The van der Waals surface area contributed by atoms with E-state index in [9.17, 15) is 9.90 Å². The first-order valence-electron chi connectivity index (χ1n) is 5.96. The molecule has 0 heterocycles. The van der Waals surface area contributed by atoms with Crippen LogP contribution in [0.4, 0.5) is 0 Å². The van der Waals surface area contributed by atoms with Crippen molar-refractivity contribution in [2.24, 2.45) is 5.10 Å². The number of hydrogen-bond donors (Lipinski definition) is 2. The topological polar surface area (TPSA) is 61.7 Å². The lowest BCUT2D eigenvalue weighted by Crippen LogP contribution is -2.19. The van der Waals surface area contributed by atoms with Gasteiger partial charge in [0, 0.05) is 9.13 Å². The molecule has 2 rings (SSSR count).